The number of benzene rings is 2. The molecule has 1 aromatic heterocycles. The van der Waals surface area contributed by atoms with Gasteiger partial charge in [-0.25, -0.2) is 4.98 Å². The van der Waals surface area contributed by atoms with Gasteiger partial charge in [-0.2, -0.15) is 4.98 Å². The van der Waals surface area contributed by atoms with Crippen molar-refractivity contribution in [3.05, 3.63) is 64.8 Å². The molecule has 8 heteroatoms. The smallest absolute Gasteiger partial charge is 0.229 e. The van der Waals surface area contributed by atoms with Gasteiger partial charge in [-0.1, -0.05) is 18.2 Å². The number of aliphatic hydroxyl groups is 1. The van der Waals surface area contributed by atoms with E-state index in [1.165, 1.54) is 6.92 Å². The van der Waals surface area contributed by atoms with Crippen LogP contribution in [0.2, 0.25) is 0 Å². The highest BCUT2D eigenvalue weighted by Crippen LogP contribution is 2.27. The van der Waals surface area contributed by atoms with Crippen LogP contribution >= 0.6 is 15.9 Å². The van der Waals surface area contributed by atoms with Gasteiger partial charge in [-0.3, -0.25) is 4.79 Å². The summed E-state index contributed by atoms with van der Waals surface area (Å²) < 4.78 is 0.696. The largest absolute Gasteiger partial charge is 0.392 e. The monoisotopic (exact) mass is 427 g/mol. The normalized spacial score (nSPS) is 10.3. The third-order valence-corrected chi connectivity index (χ3v) is 4.23. The third kappa shape index (κ3) is 5.02. The zero-order valence-electron chi connectivity index (χ0n) is 14.5. The van der Waals surface area contributed by atoms with Crippen molar-refractivity contribution in [2.45, 2.75) is 13.5 Å². The van der Waals surface area contributed by atoms with Gasteiger partial charge >= 0.3 is 0 Å². The molecule has 0 radical (unpaired) electrons. The summed E-state index contributed by atoms with van der Waals surface area (Å²) in [6, 6.07) is 14.7. The minimum Gasteiger partial charge on any atom is -0.392 e. The standard InChI is InChI=1S/C19H18BrN5O2/c1-12(27)22-14-6-8-15(9-7-14)23-19-21-10-16(20)18(25-19)24-17-5-3-2-4-13(17)11-26/h2-10,26H,11H2,1H3,(H,22,27)(H2,21,23,24,25). The molecule has 0 unspecified atom stereocenters. The molecule has 138 valence electrons. The van der Waals surface area contributed by atoms with Crippen LogP contribution in [0.4, 0.5) is 28.8 Å². The molecule has 7 nitrogen and oxygen atoms in total. The van der Waals surface area contributed by atoms with Crippen LogP contribution in [-0.4, -0.2) is 21.0 Å². The molecule has 0 aliphatic heterocycles. The van der Waals surface area contributed by atoms with Crippen LogP contribution in [0.15, 0.2) is 59.2 Å². The summed E-state index contributed by atoms with van der Waals surface area (Å²) in [7, 11) is 0. The Hall–Kier alpha value is -2.97. The molecular weight excluding hydrogens is 410 g/mol. The first-order valence-corrected chi connectivity index (χ1v) is 8.97. The minimum atomic E-state index is -0.120. The van der Waals surface area contributed by atoms with Gasteiger partial charge in [0.1, 0.15) is 5.82 Å². The second kappa shape index (κ2) is 8.61. The Morgan fingerprint density at radius 3 is 2.48 bits per heavy atom. The second-order valence-electron chi connectivity index (χ2n) is 5.71. The first-order chi connectivity index (χ1) is 13.0. The summed E-state index contributed by atoms with van der Waals surface area (Å²) in [5, 5.41) is 18.5. The van der Waals surface area contributed by atoms with Gasteiger partial charge in [0.05, 0.1) is 11.1 Å². The molecule has 0 bridgehead atoms. The zero-order chi connectivity index (χ0) is 19.2. The minimum absolute atomic E-state index is 0.0718. The van der Waals surface area contributed by atoms with E-state index in [1.807, 2.05) is 36.4 Å². The molecule has 3 aromatic rings. The number of amides is 1. The van der Waals surface area contributed by atoms with Gasteiger partial charge in [0, 0.05) is 35.7 Å². The fourth-order valence-corrected chi connectivity index (χ4v) is 2.68. The number of nitrogens with one attached hydrogen (secondary N) is 3. The number of aliphatic hydroxyl groups excluding tert-OH is 1. The molecule has 0 atom stereocenters. The van der Waals surface area contributed by atoms with Crippen LogP contribution < -0.4 is 16.0 Å². The topological polar surface area (TPSA) is 99.2 Å². The molecule has 0 fully saturated rings. The molecule has 0 saturated heterocycles. The van der Waals surface area contributed by atoms with Gasteiger partial charge in [0.25, 0.3) is 0 Å². The van der Waals surface area contributed by atoms with Crippen molar-refractivity contribution in [2.24, 2.45) is 0 Å². The highest BCUT2D eigenvalue weighted by atomic mass is 79.9. The van der Waals surface area contributed by atoms with Crippen LogP contribution in [0.3, 0.4) is 0 Å². The first-order valence-electron chi connectivity index (χ1n) is 8.18. The summed E-state index contributed by atoms with van der Waals surface area (Å²) in [6.07, 6.45) is 1.64. The van der Waals surface area contributed by atoms with E-state index in [2.05, 4.69) is 41.8 Å². The van der Waals surface area contributed by atoms with Crippen molar-refractivity contribution < 1.29 is 9.90 Å². The molecule has 2 aromatic carbocycles. The van der Waals surface area contributed by atoms with Crippen molar-refractivity contribution in [1.29, 1.82) is 0 Å². The van der Waals surface area contributed by atoms with E-state index in [9.17, 15) is 9.90 Å². The van der Waals surface area contributed by atoms with Crippen molar-refractivity contribution in [3.8, 4) is 0 Å². The third-order valence-electron chi connectivity index (χ3n) is 3.65. The maximum Gasteiger partial charge on any atom is 0.229 e. The van der Waals surface area contributed by atoms with Crippen LogP contribution in [0, 0.1) is 0 Å². The Balaban J connectivity index is 1.78. The number of nitrogens with zero attached hydrogens (tertiary/aromatic N) is 2. The molecule has 0 spiro atoms. The molecule has 1 heterocycles. The lowest BCUT2D eigenvalue weighted by atomic mass is 10.2. The number of hydrogen-bond acceptors (Lipinski definition) is 6. The maximum atomic E-state index is 11.1. The predicted octanol–water partition coefficient (Wildman–Crippen LogP) is 4.18. The summed E-state index contributed by atoms with van der Waals surface area (Å²) in [6.45, 7) is 1.39. The van der Waals surface area contributed by atoms with Gasteiger partial charge in [-0.15, -0.1) is 0 Å². The van der Waals surface area contributed by atoms with Crippen LogP contribution in [0.1, 0.15) is 12.5 Å². The molecule has 0 saturated carbocycles. The number of carbonyl (C=O) groups is 1. The molecule has 0 aliphatic carbocycles. The summed E-state index contributed by atoms with van der Waals surface area (Å²) in [5.74, 6) is 0.864. The number of aromatic nitrogens is 2. The van der Waals surface area contributed by atoms with Gasteiger partial charge in [0.15, 0.2) is 0 Å². The van der Waals surface area contributed by atoms with E-state index in [1.54, 1.807) is 18.3 Å². The molecular formula is C19H18BrN5O2. The van der Waals surface area contributed by atoms with E-state index in [-0.39, 0.29) is 12.5 Å². The predicted molar refractivity (Wildman–Crippen MR) is 109 cm³/mol. The average molecular weight is 428 g/mol. The number of anilines is 5. The quantitative estimate of drug-likeness (QED) is 0.470. The Labute approximate surface area is 165 Å². The van der Waals surface area contributed by atoms with Crippen LogP contribution in [-0.2, 0) is 11.4 Å². The van der Waals surface area contributed by atoms with E-state index in [0.29, 0.717) is 21.9 Å². The first kappa shape index (κ1) is 18.8. The number of rotatable bonds is 6. The maximum absolute atomic E-state index is 11.1. The summed E-state index contributed by atoms with van der Waals surface area (Å²) in [4.78, 5) is 19.8. The van der Waals surface area contributed by atoms with Gasteiger partial charge in [0.2, 0.25) is 11.9 Å². The van der Waals surface area contributed by atoms with Crippen LogP contribution in [0.5, 0.6) is 0 Å². The van der Waals surface area contributed by atoms with E-state index in [0.717, 1.165) is 16.9 Å². The molecule has 3 rings (SSSR count). The second-order valence-corrected chi connectivity index (χ2v) is 6.57. The zero-order valence-corrected chi connectivity index (χ0v) is 16.1. The number of halogens is 1. The summed E-state index contributed by atoms with van der Waals surface area (Å²) >= 11 is 3.43. The lowest BCUT2D eigenvalue weighted by molar-refractivity contribution is -0.114. The fraction of sp³-hybridized carbons (Fsp3) is 0.105. The number of para-hydroxylation sites is 1. The van der Waals surface area contributed by atoms with Crippen molar-refractivity contribution in [2.75, 3.05) is 16.0 Å². The lowest BCUT2D eigenvalue weighted by Gasteiger charge is -2.13. The van der Waals surface area contributed by atoms with Gasteiger partial charge < -0.3 is 21.1 Å². The fourth-order valence-electron chi connectivity index (χ4n) is 2.39. The number of carbonyl (C=O) groups excluding carboxylic acids is 1. The lowest BCUT2D eigenvalue weighted by Crippen LogP contribution is -2.06. The number of hydrogen-bond donors (Lipinski definition) is 4. The Morgan fingerprint density at radius 2 is 1.78 bits per heavy atom. The van der Waals surface area contributed by atoms with Crippen molar-refractivity contribution in [1.82, 2.24) is 9.97 Å². The highest BCUT2D eigenvalue weighted by Gasteiger charge is 2.08. The molecule has 4 N–H and O–H groups in total. The van der Waals surface area contributed by atoms with E-state index >= 15 is 0 Å². The summed E-state index contributed by atoms with van der Waals surface area (Å²) in [5.41, 5.74) is 3.04. The van der Waals surface area contributed by atoms with Crippen molar-refractivity contribution in [3.63, 3.8) is 0 Å². The molecule has 27 heavy (non-hydrogen) atoms. The Kier molecular flexibility index (Phi) is 6.00. The highest BCUT2D eigenvalue weighted by molar-refractivity contribution is 9.10. The molecule has 1 amide bonds. The van der Waals surface area contributed by atoms with Crippen molar-refractivity contribution >= 4 is 50.7 Å². The Bertz CT molecular complexity index is 947. The SMILES string of the molecule is CC(=O)Nc1ccc(Nc2ncc(Br)c(Nc3ccccc3CO)n2)cc1. The van der Waals surface area contributed by atoms with E-state index < -0.39 is 0 Å². The van der Waals surface area contributed by atoms with Crippen LogP contribution in [0.25, 0.3) is 0 Å². The average Bonchev–Trinajstić information content (AvgIpc) is 2.66. The van der Waals surface area contributed by atoms with Gasteiger partial charge in [-0.05, 0) is 46.3 Å². The Morgan fingerprint density at radius 1 is 1.07 bits per heavy atom. The van der Waals surface area contributed by atoms with E-state index in [4.69, 9.17) is 0 Å². The molecule has 0 aliphatic rings.